The Morgan fingerprint density at radius 2 is 1.10 bits per heavy atom. The second-order valence-corrected chi connectivity index (χ2v) is 15.2. The predicted octanol–water partition coefficient (Wildman–Crippen LogP) is 8.46. The quantitative estimate of drug-likeness (QED) is 0.379. The maximum atomic E-state index is 12.9. The van der Waals surface area contributed by atoms with Gasteiger partial charge in [0, 0.05) is 11.8 Å². The predicted molar refractivity (Wildman–Crippen MR) is 130 cm³/mol. The van der Waals surface area contributed by atoms with Crippen LogP contribution in [0.1, 0.15) is 126 Å². The van der Waals surface area contributed by atoms with Crippen molar-refractivity contribution in [1.29, 1.82) is 0 Å². The van der Waals surface area contributed by atoms with Crippen molar-refractivity contribution in [2.24, 2.45) is 56.2 Å². The largest absolute Gasteiger partial charge is 0.299 e. The fourth-order valence-corrected chi connectivity index (χ4v) is 12.0. The fraction of sp³-hybridized carbons (Fsp3) is 0.967. The Hall–Kier alpha value is -0.330. The molecule has 0 radical (unpaired) electrons. The molecule has 1 nitrogen and oxygen atoms in total. The van der Waals surface area contributed by atoms with Crippen molar-refractivity contribution in [3.63, 3.8) is 0 Å². The second kappa shape index (κ2) is 6.41. The summed E-state index contributed by atoms with van der Waals surface area (Å²) in [6, 6.07) is 0. The molecule has 0 aromatic heterocycles. The lowest BCUT2D eigenvalue weighted by Crippen LogP contribution is -2.67. The molecule has 176 valence electrons. The van der Waals surface area contributed by atoms with Gasteiger partial charge in [-0.1, -0.05) is 61.8 Å². The molecule has 31 heavy (non-hydrogen) atoms. The van der Waals surface area contributed by atoms with Crippen LogP contribution in [0.25, 0.3) is 0 Å². The summed E-state index contributed by atoms with van der Waals surface area (Å²) in [7, 11) is 0. The van der Waals surface area contributed by atoms with E-state index in [4.69, 9.17) is 0 Å². The first kappa shape index (κ1) is 22.5. The molecule has 5 rings (SSSR count). The molecule has 0 spiro atoms. The van der Waals surface area contributed by atoms with Gasteiger partial charge in [0.2, 0.25) is 0 Å². The lowest BCUT2D eigenvalue weighted by molar-refractivity contribution is -0.253. The molecular formula is C30H50O. The molecule has 0 aromatic rings. The van der Waals surface area contributed by atoms with Crippen LogP contribution in [0.2, 0.25) is 0 Å². The molecule has 5 fully saturated rings. The fourth-order valence-electron chi connectivity index (χ4n) is 12.0. The van der Waals surface area contributed by atoms with Crippen molar-refractivity contribution >= 4 is 5.78 Å². The third-order valence-corrected chi connectivity index (χ3v) is 13.6. The van der Waals surface area contributed by atoms with Crippen molar-refractivity contribution in [2.45, 2.75) is 126 Å². The molecule has 0 bridgehead atoms. The van der Waals surface area contributed by atoms with Gasteiger partial charge in [-0.15, -0.1) is 0 Å². The van der Waals surface area contributed by atoms with Crippen molar-refractivity contribution in [2.75, 3.05) is 0 Å². The average molecular weight is 427 g/mol. The van der Waals surface area contributed by atoms with Gasteiger partial charge in [0.05, 0.1) is 0 Å². The first-order valence-electron chi connectivity index (χ1n) is 13.8. The molecule has 0 aromatic carbocycles. The Bertz CT molecular complexity index is 777. The van der Waals surface area contributed by atoms with Gasteiger partial charge < -0.3 is 0 Å². The molecule has 0 aliphatic heterocycles. The zero-order valence-corrected chi connectivity index (χ0v) is 22.0. The topological polar surface area (TPSA) is 17.1 Å². The van der Waals surface area contributed by atoms with Gasteiger partial charge in [0.1, 0.15) is 5.78 Å². The van der Waals surface area contributed by atoms with E-state index in [-0.39, 0.29) is 5.41 Å². The van der Waals surface area contributed by atoms with Gasteiger partial charge in [0.15, 0.2) is 0 Å². The van der Waals surface area contributed by atoms with E-state index in [2.05, 4.69) is 55.4 Å². The monoisotopic (exact) mass is 426 g/mol. The van der Waals surface area contributed by atoms with Crippen LogP contribution in [-0.2, 0) is 4.79 Å². The molecule has 0 heterocycles. The summed E-state index contributed by atoms with van der Waals surface area (Å²) < 4.78 is 0. The van der Waals surface area contributed by atoms with Crippen LogP contribution in [-0.4, -0.2) is 5.78 Å². The molecule has 5 aliphatic rings. The van der Waals surface area contributed by atoms with E-state index in [0.717, 1.165) is 30.6 Å². The van der Waals surface area contributed by atoms with E-state index in [9.17, 15) is 4.79 Å². The van der Waals surface area contributed by atoms with Gasteiger partial charge >= 0.3 is 0 Å². The number of hydrogen-bond donors (Lipinski definition) is 0. The number of fused-ring (bicyclic) bond motifs is 7. The molecule has 0 amide bonds. The number of carbonyl (C=O) groups is 1. The Kier molecular flexibility index (Phi) is 4.65. The minimum atomic E-state index is -0.122. The number of hydrogen-bond acceptors (Lipinski definition) is 1. The van der Waals surface area contributed by atoms with Crippen molar-refractivity contribution in [3.05, 3.63) is 0 Å². The standard InChI is InChI=1S/C30H50O/c1-25(2)15-9-16-27(5)20(25)12-18-29(7)22(27)10-11-23-28(6)17-14-24(31)26(3,4)21(28)13-19-30(23,29)8/h20-23H,9-19H2,1-8H3/t20-,21-,22-,23+,27-,28-,29+,30+/m0/s1. The average Bonchev–Trinajstić information content (AvgIpc) is 2.65. The summed E-state index contributed by atoms with van der Waals surface area (Å²) in [6.07, 6.45) is 14.7. The van der Waals surface area contributed by atoms with Crippen LogP contribution in [0.15, 0.2) is 0 Å². The Morgan fingerprint density at radius 1 is 0.581 bits per heavy atom. The molecular weight excluding hydrogens is 376 g/mol. The summed E-state index contributed by atoms with van der Waals surface area (Å²) in [4.78, 5) is 12.9. The summed E-state index contributed by atoms with van der Waals surface area (Å²) in [5, 5.41) is 0. The molecule has 5 saturated carbocycles. The van der Waals surface area contributed by atoms with Crippen molar-refractivity contribution in [3.8, 4) is 0 Å². The number of Topliss-reactive ketones (excluding diaryl/α,β-unsaturated/α-hetero) is 1. The van der Waals surface area contributed by atoms with Gasteiger partial charge in [-0.2, -0.15) is 0 Å². The highest BCUT2D eigenvalue weighted by Gasteiger charge is 2.70. The molecule has 0 N–H and O–H groups in total. The van der Waals surface area contributed by atoms with Gasteiger partial charge in [-0.25, -0.2) is 0 Å². The third kappa shape index (κ3) is 2.59. The number of carbonyl (C=O) groups excluding carboxylic acids is 1. The highest BCUT2D eigenvalue weighted by molar-refractivity contribution is 5.85. The van der Waals surface area contributed by atoms with E-state index in [1.807, 2.05) is 0 Å². The first-order valence-corrected chi connectivity index (χ1v) is 13.8. The molecule has 0 saturated heterocycles. The summed E-state index contributed by atoms with van der Waals surface area (Å²) in [6.45, 7) is 20.5. The Morgan fingerprint density at radius 3 is 1.68 bits per heavy atom. The summed E-state index contributed by atoms with van der Waals surface area (Å²) >= 11 is 0. The van der Waals surface area contributed by atoms with E-state index in [1.54, 1.807) is 0 Å². The van der Waals surface area contributed by atoms with E-state index in [0.29, 0.717) is 38.8 Å². The Balaban J connectivity index is 1.55. The highest BCUT2D eigenvalue weighted by Crippen LogP contribution is 2.77. The summed E-state index contributed by atoms with van der Waals surface area (Å²) in [5.74, 6) is 3.71. The smallest absolute Gasteiger partial charge is 0.138 e. The summed E-state index contributed by atoms with van der Waals surface area (Å²) in [5.41, 5.74) is 2.18. The minimum Gasteiger partial charge on any atom is -0.299 e. The van der Waals surface area contributed by atoms with Crippen molar-refractivity contribution < 1.29 is 4.79 Å². The van der Waals surface area contributed by atoms with Crippen LogP contribution in [0.4, 0.5) is 0 Å². The van der Waals surface area contributed by atoms with Gasteiger partial charge in [-0.3, -0.25) is 4.79 Å². The third-order valence-electron chi connectivity index (χ3n) is 13.6. The first-order chi connectivity index (χ1) is 14.2. The maximum Gasteiger partial charge on any atom is 0.138 e. The zero-order chi connectivity index (χ0) is 22.7. The van der Waals surface area contributed by atoms with E-state index < -0.39 is 0 Å². The number of rotatable bonds is 0. The lowest BCUT2D eigenvalue weighted by atomic mass is 9.30. The van der Waals surface area contributed by atoms with Crippen LogP contribution in [0.3, 0.4) is 0 Å². The van der Waals surface area contributed by atoms with E-state index in [1.165, 1.54) is 57.8 Å². The lowest BCUT2D eigenvalue weighted by Gasteiger charge is -2.74. The highest BCUT2D eigenvalue weighted by atomic mass is 16.1. The molecule has 1 heteroatoms. The van der Waals surface area contributed by atoms with Crippen LogP contribution in [0, 0.1) is 56.2 Å². The second-order valence-electron chi connectivity index (χ2n) is 15.2. The van der Waals surface area contributed by atoms with Gasteiger partial charge in [-0.05, 0) is 109 Å². The van der Waals surface area contributed by atoms with Crippen LogP contribution in [0.5, 0.6) is 0 Å². The minimum absolute atomic E-state index is 0.122. The van der Waals surface area contributed by atoms with E-state index >= 15 is 0 Å². The van der Waals surface area contributed by atoms with Crippen molar-refractivity contribution in [1.82, 2.24) is 0 Å². The van der Waals surface area contributed by atoms with Gasteiger partial charge in [0.25, 0.3) is 0 Å². The molecule has 8 atom stereocenters. The number of ketones is 1. The van der Waals surface area contributed by atoms with Crippen LogP contribution < -0.4 is 0 Å². The van der Waals surface area contributed by atoms with Crippen LogP contribution >= 0.6 is 0 Å². The molecule has 5 aliphatic carbocycles. The Labute approximate surface area is 192 Å². The SMILES string of the molecule is CC1(C)CCC[C@@]2(C)[C@H]1CC[C@]1(C)[C@H]2CC[C@@H]2[C@@]3(C)CCC(=O)C(C)(C)[C@@H]3CC[C@]21C. The maximum absolute atomic E-state index is 12.9. The normalized spacial score (nSPS) is 55.4. The zero-order valence-electron chi connectivity index (χ0n) is 22.0. The molecule has 0 unspecified atom stereocenters.